The van der Waals surface area contributed by atoms with Crippen LogP contribution < -0.4 is 10.9 Å². The van der Waals surface area contributed by atoms with Crippen LogP contribution in [0.15, 0.2) is 41.2 Å². The van der Waals surface area contributed by atoms with Gasteiger partial charge in [0.15, 0.2) is 5.78 Å². The fraction of sp³-hybridized carbons (Fsp3) is 0.368. The van der Waals surface area contributed by atoms with Crippen LogP contribution in [0.25, 0.3) is 0 Å². The maximum atomic E-state index is 13.2. The van der Waals surface area contributed by atoms with Gasteiger partial charge in [0, 0.05) is 25.1 Å². The van der Waals surface area contributed by atoms with Crippen molar-refractivity contribution in [3.8, 4) is 0 Å². The van der Waals surface area contributed by atoms with Crippen molar-refractivity contribution in [2.75, 3.05) is 13.2 Å². The third-order valence-electron chi connectivity index (χ3n) is 3.78. The van der Waals surface area contributed by atoms with Crippen LogP contribution in [-0.2, 0) is 9.53 Å². The molecule has 144 valence electrons. The lowest BCUT2D eigenvalue weighted by Gasteiger charge is -2.19. The van der Waals surface area contributed by atoms with E-state index in [1.807, 2.05) is 13.8 Å². The van der Waals surface area contributed by atoms with Gasteiger partial charge >= 0.3 is 5.97 Å². The molecule has 0 saturated carbocycles. The predicted octanol–water partition coefficient (Wildman–Crippen LogP) is 2.04. The summed E-state index contributed by atoms with van der Waals surface area (Å²) in [6.45, 7) is 5.19. The summed E-state index contributed by atoms with van der Waals surface area (Å²) in [7, 11) is 0. The fourth-order valence-electron chi connectivity index (χ4n) is 2.47. The van der Waals surface area contributed by atoms with Crippen LogP contribution in [0.4, 0.5) is 4.39 Å². The van der Waals surface area contributed by atoms with Crippen molar-refractivity contribution >= 4 is 11.8 Å². The Morgan fingerprint density at radius 1 is 1.19 bits per heavy atom. The first kappa shape index (κ1) is 20.4. The molecule has 0 amide bonds. The minimum atomic E-state index is -0.878. The van der Waals surface area contributed by atoms with Gasteiger partial charge in [-0.25, -0.2) is 9.07 Å². The monoisotopic (exact) mass is 375 g/mol. The Morgan fingerprint density at radius 3 is 2.44 bits per heavy atom. The van der Waals surface area contributed by atoms with Crippen molar-refractivity contribution in [3.05, 3.63) is 63.8 Å². The molecule has 0 fully saturated rings. The summed E-state index contributed by atoms with van der Waals surface area (Å²) < 4.78 is 19.3. The van der Waals surface area contributed by atoms with Crippen molar-refractivity contribution in [2.45, 2.75) is 32.9 Å². The number of nitrogens with zero attached hydrogens (tertiary/aromatic N) is 2. The van der Waals surface area contributed by atoms with Crippen molar-refractivity contribution in [1.29, 1.82) is 0 Å². The Bertz CT molecular complexity index is 862. The molecule has 7 nitrogen and oxygen atoms in total. The van der Waals surface area contributed by atoms with Crippen molar-refractivity contribution < 1.29 is 18.7 Å². The molecule has 2 rings (SSSR count). The third-order valence-corrected chi connectivity index (χ3v) is 3.78. The van der Waals surface area contributed by atoms with Crippen LogP contribution in [0, 0.1) is 5.82 Å². The van der Waals surface area contributed by atoms with Crippen LogP contribution >= 0.6 is 0 Å². The number of rotatable bonds is 8. The molecule has 0 spiro atoms. The number of Topliss-reactive ketones (excluding diaryl/α,β-unsaturated/α-hetero) is 1. The molecule has 0 aliphatic rings. The minimum Gasteiger partial charge on any atom is -0.465 e. The van der Waals surface area contributed by atoms with Crippen LogP contribution in [0.2, 0.25) is 0 Å². The Balaban J connectivity index is 2.32. The smallest absolute Gasteiger partial charge is 0.302 e. The second kappa shape index (κ2) is 9.18. The number of benzene rings is 1. The zero-order valence-corrected chi connectivity index (χ0v) is 15.4. The Hall–Kier alpha value is -2.87. The standard InChI is InChI=1S/C19H22FN3O4/c1-12(2)23-17(25)9-8-16(22-23)18(21-10-11-27-13(3)24)19(26)14-4-6-15(20)7-5-14/h4-9,12,18,21H,10-11H2,1-3H3. The first-order valence-corrected chi connectivity index (χ1v) is 8.56. The number of esters is 1. The highest BCUT2D eigenvalue weighted by atomic mass is 19.1. The van der Waals surface area contributed by atoms with E-state index >= 15 is 0 Å². The largest absolute Gasteiger partial charge is 0.465 e. The van der Waals surface area contributed by atoms with Gasteiger partial charge in [-0.1, -0.05) is 0 Å². The molecule has 0 aliphatic heterocycles. The van der Waals surface area contributed by atoms with Gasteiger partial charge < -0.3 is 4.74 Å². The minimum absolute atomic E-state index is 0.0757. The Kier molecular flexibility index (Phi) is 6.95. The average molecular weight is 375 g/mol. The van der Waals surface area contributed by atoms with Gasteiger partial charge in [-0.15, -0.1) is 0 Å². The predicted molar refractivity (Wildman–Crippen MR) is 97.0 cm³/mol. The number of ether oxygens (including phenoxy) is 1. The summed E-state index contributed by atoms with van der Waals surface area (Å²) in [5.74, 6) is -1.21. The lowest BCUT2D eigenvalue weighted by Crippen LogP contribution is -2.35. The number of halogens is 1. The quantitative estimate of drug-likeness (QED) is 0.431. The third kappa shape index (κ3) is 5.55. The Morgan fingerprint density at radius 2 is 1.85 bits per heavy atom. The first-order valence-electron chi connectivity index (χ1n) is 8.56. The summed E-state index contributed by atoms with van der Waals surface area (Å²) in [5, 5.41) is 7.28. The summed E-state index contributed by atoms with van der Waals surface area (Å²) in [6, 6.07) is 6.94. The molecule has 0 radical (unpaired) electrons. The van der Waals surface area contributed by atoms with Gasteiger partial charge in [0.05, 0.1) is 11.7 Å². The molecule has 0 saturated heterocycles. The number of hydrogen-bond donors (Lipinski definition) is 1. The molecule has 1 heterocycles. The van der Waals surface area contributed by atoms with Crippen molar-refractivity contribution in [3.63, 3.8) is 0 Å². The highest BCUT2D eigenvalue weighted by molar-refractivity contribution is 6.00. The highest BCUT2D eigenvalue weighted by Gasteiger charge is 2.24. The van der Waals surface area contributed by atoms with Gasteiger partial charge in [0.25, 0.3) is 5.56 Å². The van der Waals surface area contributed by atoms with Crippen LogP contribution in [0.1, 0.15) is 48.9 Å². The molecule has 1 atom stereocenters. The first-order chi connectivity index (χ1) is 12.8. The molecule has 0 bridgehead atoms. The van der Waals surface area contributed by atoms with E-state index in [-0.39, 0.29) is 30.5 Å². The van der Waals surface area contributed by atoms with Crippen molar-refractivity contribution in [1.82, 2.24) is 15.1 Å². The van der Waals surface area contributed by atoms with E-state index in [4.69, 9.17) is 4.74 Å². The van der Waals surface area contributed by atoms with Crippen LogP contribution in [-0.4, -0.2) is 34.7 Å². The summed E-state index contributed by atoms with van der Waals surface area (Å²) in [4.78, 5) is 35.8. The topological polar surface area (TPSA) is 90.3 Å². The van der Waals surface area contributed by atoms with Crippen molar-refractivity contribution in [2.24, 2.45) is 0 Å². The number of ketones is 1. The molecular weight excluding hydrogens is 353 g/mol. The lowest BCUT2D eigenvalue weighted by atomic mass is 10.0. The number of nitrogens with one attached hydrogen (secondary N) is 1. The van der Waals surface area contributed by atoms with E-state index in [1.165, 1.54) is 48.0 Å². The molecule has 1 aromatic heterocycles. The number of carbonyl (C=O) groups is 2. The molecule has 1 unspecified atom stereocenters. The van der Waals surface area contributed by atoms with Gasteiger partial charge in [0.1, 0.15) is 18.5 Å². The second-order valence-electron chi connectivity index (χ2n) is 6.23. The van der Waals surface area contributed by atoms with Gasteiger partial charge in [-0.2, -0.15) is 5.10 Å². The van der Waals surface area contributed by atoms with Crippen LogP contribution in [0.3, 0.4) is 0 Å². The van der Waals surface area contributed by atoms with Gasteiger partial charge in [0.2, 0.25) is 0 Å². The van der Waals surface area contributed by atoms with E-state index in [1.54, 1.807) is 0 Å². The summed E-state index contributed by atoms with van der Waals surface area (Å²) in [5.41, 5.74) is 0.368. The molecule has 1 N–H and O–H groups in total. The fourth-order valence-corrected chi connectivity index (χ4v) is 2.47. The highest BCUT2D eigenvalue weighted by Crippen LogP contribution is 2.17. The maximum Gasteiger partial charge on any atom is 0.302 e. The maximum absolute atomic E-state index is 13.2. The Labute approximate surface area is 156 Å². The lowest BCUT2D eigenvalue weighted by molar-refractivity contribution is -0.140. The van der Waals surface area contributed by atoms with E-state index in [0.717, 1.165) is 0 Å². The van der Waals surface area contributed by atoms with E-state index < -0.39 is 17.8 Å². The normalized spacial score (nSPS) is 12.0. The molecule has 2 aromatic rings. The molecular formula is C19H22FN3O4. The average Bonchev–Trinajstić information content (AvgIpc) is 2.62. The number of aromatic nitrogens is 2. The summed E-state index contributed by atoms with van der Waals surface area (Å²) >= 11 is 0. The number of hydrogen-bond acceptors (Lipinski definition) is 6. The van der Waals surface area contributed by atoms with Gasteiger partial charge in [-0.3, -0.25) is 19.7 Å². The van der Waals surface area contributed by atoms with E-state index in [2.05, 4.69) is 10.4 Å². The molecule has 8 heteroatoms. The molecule has 0 aliphatic carbocycles. The van der Waals surface area contributed by atoms with Gasteiger partial charge in [-0.05, 0) is 44.2 Å². The number of carbonyl (C=O) groups excluding carboxylic acids is 2. The molecule has 27 heavy (non-hydrogen) atoms. The van der Waals surface area contributed by atoms with E-state index in [9.17, 15) is 18.8 Å². The summed E-state index contributed by atoms with van der Waals surface area (Å²) in [6.07, 6.45) is 0. The molecule has 1 aromatic carbocycles. The zero-order valence-electron chi connectivity index (χ0n) is 15.4. The zero-order chi connectivity index (χ0) is 20.0. The van der Waals surface area contributed by atoms with Crippen LogP contribution in [0.5, 0.6) is 0 Å². The second-order valence-corrected chi connectivity index (χ2v) is 6.23. The SMILES string of the molecule is CC(=O)OCCNC(C(=O)c1ccc(F)cc1)c1ccc(=O)n(C(C)C)n1. The van der Waals surface area contributed by atoms with E-state index in [0.29, 0.717) is 11.3 Å².